The second kappa shape index (κ2) is 8.12. The van der Waals surface area contributed by atoms with E-state index in [0.29, 0.717) is 0 Å². The van der Waals surface area contributed by atoms with Gasteiger partial charge in [-0.25, -0.2) is 0 Å². The summed E-state index contributed by atoms with van der Waals surface area (Å²) >= 11 is 0. The lowest BCUT2D eigenvalue weighted by atomic mass is 10.1. The molecule has 0 spiro atoms. The number of hydrogen-bond acceptors (Lipinski definition) is 1. The molecule has 0 heterocycles. The lowest BCUT2D eigenvalue weighted by molar-refractivity contribution is -0.893. The summed E-state index contributed by atoms with van der Waals surface area (Å²) in [5.41, 5.74) is 0. The van der Waals surface area contributed by atoms with Crippen molar-refractivity contribution in [3.63, 3.8) is 0 Å². The van der Waals surface area contributed by atoms with Crippen molar-refractivity contribution in [1.82, 2.24) is 0 Å². The Labute approximate surface area is 96.2 Å². The number of likely N-dealkylation sites (N-methyl/N-ethyl adjacent to an activating group) is 1. The highest BCUT2D eigenvalue weighted by Gasteiger charge is 2.17. The van der Waals surface area contributed by atoms with Crippen LogP contribution in [-0.2, 0) is 4.74 Å². The Bertz CT molecular complexity index is 145. The minimum atomic E-state index is 0.815. The molecule has 2 heteroatoms. The maximum absolute atomic E-state index is 5.61. The summed E-state index contributed by atoms with van der Waals surface area (Å²) in [4.78, 5) is 0. The van der Waals surface area contributed by atoms with Gasteiger partial charge >= 0.3 is 0 Å². The van der Waals surface area contributed by atoms with Crippen molar-refractivity contribution in [3.8, 4) is 0 Å². The molecule has 2 nitrogen and oxygen atoms in total. The summed E-state index contributed by atoms with van der Waals surface area (Å²) in [6.07, 6.45) is 3.70. The normalized spacial score (nSPS) is 14.2. The molecule has 0 radical (unpaired) electrons. The lowest BCUT2D eigenvalue weighted by Gasteiger charge is -2.32. The third-order valence-corrected chi connectivity index (χ3v) is 2.99. The standard InChI is InChI=1S/C13H30NO/c1-6-8-10-15-11-9-14(4,5)12-13(3)7-2/h13H,6-12H2,1-5H3/q+1. The molecule has 0 aromatic carbocycles. The molecule has 0 rings (SSSR count). The van der Waals surface area contributed by atoms with Gasteiger partial charge in [0.15, 0.2) is 0 Å². The van der Waals surface area contributed by atoms with Crippen LogP contribution in [0.1, 0.15) is 40.0 Å². The van der Waals surface area contributed by atoms with Crippen LogP contribution in [0.25, 0.3) is 0 Å². The molecule has 0 aromatic heterocycles. The Morgan fingerprint density at radius 1 is 1.13 bits per heavy atom. The van der Waals surface area contributed by atoms with Gasteiger partial charge in [0, 0.05) is 12.5 Å². The molecule has 92 valence electrons. The van der Waals surface area contributed by atoms with E-state index in [1.54, 1.807) is 0 Å². The van der Waals surface area contributed by atoms with Crippen LogP contribution in [0, 0.1) is 5.92 Å². The molecule has 0 aliphatic carbocycles. The number of nitrogens with zero attached hydrogens (tertiary/aromatic N) is 1. The van der Waals surface area contributed by atoms with Gasteiger partial charge in [0.1, 0.15) is 6.54 Å². The largest absolute Gasteiger partial charge is 0.376 e. The van der Waals surface area contributed by atoms with Crippen molar-refractivity contribution < 1.29 is 9.22 Å². The van der Waals surface area contributed by atoms with E-state index < -0.39 is 0 Å². The van der Waals surface area contributed by atoms with Gasteiger partial charge in [0.25, 0.3) is 0 Å². The van der Waals surface area contributed by atoms with Gasteiger partial charge in [-0.2, -0.15) is 0 Å². The molecule has 0 aromatic rings. The average Bonchev–Trinajstić information content (AvgIpc) is 2.16. The first-order chi connectivity index (χ1) is 7.02. The van der Waals surface area contributed by atoms with E-state index in [2.05, 4.69) is 34.9 Å². The molecule has 1 atom stereocenters. The van der Waals surface area contributed by atoms with E-state index >= 15 is 0 Å². The smallest absolute Gasteiger partial charge is 0.102 e. The number of unbranched alkanes of at least 4 members (excludes halogenated alkanes) is 1. The van der Waals surface area contributed by atoms with E-state index in [4.69, 9.17) is 4.74 Å². The SMILES string of the molecule is CCCCOCC[N+](C)(C)CC(C)CC. The number of ether oxygens (including phenoxy) is 1. The predicted molar refractivity (Wildman–Crippen MR) is 67.0 cm³/mol. The van der Waals surface area contributed by atoms with Crippen molar-refractivity contribution in [1.29, 1.82) is 0 Å². The van der Waals surface area contributed by atoms with Crippen LogP contribution in [0.3, 0.4) is 0 Å². The van der Waals surface area contributed by atoms with Crippen LogP contribution in [0.15, 0.2) is 0 Å². The maximum Gasteiger partial charge on any atom is 0.102 e. The van der Waals surface area contributed by atoms with E-state index in [-0.39, 0.29) is 0 Å². The monoisotopic (exact) mass is 216 g/mol. The highest BCUT2D eigenvalue weighted by Crippen LogP contribution is 2.08. The molecule has 0 bridgehead atoms. The first-order valence-corrected chi connectivity index (χ1v) is 6.41. The van der Waals surface area contributed by atoms with Gasteiger partial charge in [0.2, 0.25) is 0 Å². The molecule has 0 amide bonds. The highest BCUT2D eigenvalue weighted by molar-refractivity contribution is 4.47. The quantitative estimate of drug-likeness (QED) is 0.425. The highest BCUT2D eigenvalue weighted by atomic mass is 16.5. The molecule has 0 aliphatic heterocycles. The fraction of sp³-hybridized carbons (Fsp3) is 1.00. The van der Waals surface area contributed by atoms with Crippen molar-refractivity contribution in [2.75, 3.05) is 40.4 Å². The van der Waals surface area contributed by atoms with Crippen molar-refractivity contribution in [3.05, 3.63) is 0 Å². The zero-order valence-corrected chi connectivity index (χ0v) is 11.4. The van der Waals surface area contributed by atoms with Gasteiger partial charge < -0.3 is 9.22 Å². The number of rotatable bonds is 9. The minimum Gasteiger partial charge on any atom is -0.376 e. The van der Waals surface area contributed by atoms with Crippen molar-refractivity contribution in [2.24, 2.45) is 5.92 Å². The Kier molecular flexibility index (Phi) is 8.07. The Hall–Kier alpha value is -0.0800. The summed E-state index contributed by atoms with van der Waals surface area (Å²) in [6, 6.07) is 0. The topological polar surface area (TPSA) is 9.23 Å². The number of quaternary nitrogens is 1. The first kappa shape index (κ1) is 14.9. The van der Waals surface area contributed by atoms with Crippen LogP contribution < -0.4 is 0 Å². The van der Waals surface area contributed by atoms with Crippen LogP contribution in [0.2, 0.25) is 0 Å². The summed E-state index contributed by atoms with van der Waals surface area (Å²) in [7, 11) is 4.60. The van der Waals surface area contributed by atoms with Crippen molar-refractivity contribution in [2.45, 2.75) is 40.0 Å². The molecule has 0 fully saturated rings. The third kappa shape index (κ3) is 8.88. The summed E-state index contributed by atoms with van der Waals surface area (Å²) in [5.74, 6) is 0.815. The molecular formula is C13H30NO+. The first-order valence-electron chi connectivity index (χ1n) is 6.41. The molecule has 0 aliphatic rings. The molecule has 0 N–H and O–H groups in total. The second-order valence-corrected chi connectivity index (χ2v) is 5.32. The summed E-state index contributed by atoms with van der Waals surface area (Å²) < 4.78 is 6.69. The maximum atomic E-state index is 5.61. The molecule has 0 saturated carbocycles. The van der Waals surface area contributed by atoms with E-state index in [1.165, 1.54) is 25.8 Å². The second-order valence-electron chi connectivity index (χ2n) is 5.32. The zero-order valence-electron chi connectivity index (χ0n) is 11.4. The Balaban J connectivity index is 3.55. The third-order valence-electron chi connectivity index (χ3n) is 2.99. The Morgan fingerprint density at radius 3 is 2.33 bits per heavy atom. The summed E-state index contributed by atoms with van der Waals surface area (Å²) in [6.45, 7) is 11.0. The van der Waals surface area contributed by atoms with Gasteiger partial charge in [-0.15, -0.1) is 0 Å². The fourth-order valence-corrected chi connectivity index (χ4v) is 1.72. The minimum absolute atomic E-state index is 0.815. The number of hydrogen-bond donors (Lipinski definition) is 0. The lowest BCUT2D eigenvalue weighted by Crippen LogP contribution is -2.45. The fourth-order valence-electron chi connectivity index (χ4n) is 1.72. The molecule has 15 heavy (non-hydrogen) atoms. The van der Waals surface area contributed by atoms with Gasteiger partial charge in [-0.3, -0.25) is 0 Å². The van der Waals surface area contributed by atoms with E-state index in [9.17, 15) is 0 Å². The molecule has 0 saturated heterocycles. The van der Waals surface area contributed by atoms with Gasteiger partial charge in [-0.1, -0.05) is 27.2 Å². The van der Waals surface area contributed by atoms with Gasteiger partial charge in [0.05, 0.1) is 27.2 Å². The van der Waals surface area contributed by atoms with Crippen LogP contribution in [0.4, 0.5) is 0 Å². The summed E-state index contributed by atoms with van der Waals surface area (Å²) in [5, 5.41) is 0. The van der Waals surface area contributed by atoms with Gasteiger partial charge in [-0.05, 0) is 12.8 Å². The van der Waals surface area contributed by atoms with Crippen LogP contribution in [0.5, 0.6) is 0 Å². The molecule has 1 unspecified atom stereocenters. The molecular weight excluding hydrogens is 186 g/mol. The van der Waals surface area contributed by atoms with Crippen molar-refractivity contribution >= 4 is 0 Å². The van der Waals surface area contributed by atoms with E-state index in [0.717, 1.165) is 30.2 Å². The van der Waals surface area contributed by atoms with Crippen LogP contribution in [-0.4, -0.2) is 44.9 Å². The zero-order chi connectivity index (χ0) is 11.7. The average molecular weight is 216 g/mol. The van der Waals surface area contributed by atoms with Crippen LogP contribution >= 0.6 is 0 Å². The Morgan fingerprint density at radius 2 is 1.80 bits per heavy atom. The predicted octanol–water partition coefficient (Wildman–Crippen LogP) is 2.93. The van der Waals surface area contributed by atoms with E-state index in [1.807, 2.05) is 0 Å².